The first-order chi connectivity index (χ1) is 10.8. The molecule has 2 nitrogen and oxygen atoms in total. The van der Waals surface area contributed by atoms with Crippen LogP contribution < -0.4 is 0 Å². The smallest absolute Gasteiger partial charge is 0.381 e. The van der Waals surface area contributed by atoms with Crippen LogP contribution >= 0.6 is 0 Å². The number of carboxylic acids is 1. The zero-order valence-corrected chi connectivity index (χ0v) is 14.7. The second-order valence-corrected chi connectivity index (χ2v) is 6.31. The van der Waals surface area contributed by atoms with Gasteiger partial charge >= 0.3 is 5.97 Å². The monoisotopic (exact) mass is 308 g/mol. The molecule has 0 radical (unpaired) electrons. The predicted octanol–water partition coefficient (Wildman–Crippen LogP) is 6.34. The molecule has 0 aliphatic heterocycles. The van der Waals surface area contributed by atoms with Gasteiger partial charge in [-0.3, -0.25) is 0 Å². The van der Waals surface area contributed by atoms with Crippen LogP contribution in [0.1, 0.15) is 110 Å². The maximum absolute atomic E-state index is 10.2. The van der Waals surface area contributed by atoms with E-state index < -0.39 is 5.97 Å². The summed E-state index contributed by atoms with van der Waals surface area (Å²) in [5.74, 6) is 3.83. The van der Waals surface area contributed by atoms with Gasteiger partial charge in [-0.2, -0.15) is 0 Å². The topological polar surface area (TPSA) is 37.3 Å². The van der Waals surface area contributed by atoms with Crippen LogP contribution in [-0.2, 0) is 4.79 Å². The molecule has 0 aromatic carbocycles. The highest BCUT2D eigenvalue weighted by Crippen LogP contribution is 2.13. The summed E-state index contributed by atoms with van der Waals surface area (Å²) in [5, 5.41) is 8.37. The Morgan fingerprint density at radius 2 is 1.05 bits per heavy atom. The van der Waals surface area contributed by atoms with Gasteiger partial charge in [-0.15, -0.1) is 0 Å². The van der Waals surface area contributed by atoms with Crippen LogP contribution in [0.5, 0.6) is 0 Å². The van der Waals surface area contributed by atoms with Crippen LogP contribution in [0.2, 0.25) is 0 Å². The van der Waals surface area contributed by atoms with Crippen molar-refractivity contribution < 1.29 is 9.90 Å². The molecule has 0 bridgehead atoms. The minimum absolute atomic E-state index is 0.727. The van der Waals surface area contributed by atoms with E-state index in [4.69, 9.17) is 5.11 Å². The maximum Gasteiger partial charge on any atom is 0.381 e. The number of carbonyl (C=O) groups is 1. The molecule has 0 heterocycles. The van der Waals surface area contributed by atoms with E-state index in [-0.39, 0.29) is 0 Å². The zero-order chi connectivity index (χ0) is 16.3. The summed E-state index contributed by atoms with van der Waals surface area (Å²) >= 11 is 0. The fraction of sp³-hybridized carbons (Fsp3) is 0.850. The first kappa shape index (κ1) is 21.0. The van der Waals surface area contributed by atoms with Crippen molar-refractivity contribution in [3.05, 3.63) is 0 Å². The number of carboxylic acid groups (broad SMARTS) is 1. The van der Waals surface area contributed by atoms with Crippen molar-refractivity contribution in [3.63, 3.8) is 0 Å². The van der Waals surface area contributed by atoms with E-state index in [1.165, 1.54) is 89.9 Å². The van der Waals surface area contributed by atoms with Gasteiger partial charge in [0.25, 0.3) is 0 Å². The van der Waals surface area contributed by atoms with Gasteiger partial charge in [0.05, 0.1) is 0 Å². The van der Waals surface area contributed by atoms with Gasteiger partial charge in [0.15, 0.2) is 0 Å². The molecule has 0 saturated carbocycles. The number of hydrogen-bond donors (Lipinski definition) is 1. The van der Waals surface area contributed by atoms with Gasteiger partial charge in [0, 0.05) is 12.3 Å². The molecule has 1 N–H and O–H groups in total. The first-order valence-corrected chi connectivity index (χ1v) is 9.49. The summed E-state index contributed by atoms with van der Waals surface area (Å²) in [6, 6.07) is 0. The lowest BCUT2D eigenvalue weighted by atomic mass is 10.0. The zero-order valence-electron chi connectivity index (χ0n) is 14.7. The van der Waals surface area contributed by atoms with Gasteiger partial charge in [-0.25, -0.2) is 4.79 Å². The SMILES string of the molecule is CCCCCCCCCCCCCCCCCC#CC(=O)O. The average molecular weight is 309 g/mol. The van der Waals surface area contributed by atoms with Crippen molar-refractivity contribution in [2.24, 2.45) is 0 Å². The third-order valence-electron chi connectivity index (χ3n) is 4.10. The van der Waals surface area contributed by atoms with Gasteiger partial charge in [0.2, 0.25) is 0 Å². The third kappa shape index (κ3) is 19.0. The second kappa shape index (κ2) is 18.1. The number of aliphatic carboxylic acids is 1. The molecule has 0 aromatic heterocycles. The van der Waals surface area contributed by atoms with Crippen LogP contribution in [0, 0.1) is 11.8 Å². The maximum atomic E-state index is 10.2. The van der Waals surface area contributed by atoms with Crippen LogP contribution in [-0.4, -0.2) is 11.1 Å². The van der Waals surface area contributed by atoms with Crippen LogP contribution in [0.4, 0.5) is 0 Å². The Kier molecular flexibility index (Phi) is 17.3. The van der Waals surface area contributed by atoms with Crippen molar-refractivity contribution in [2.45, 2.75) is 110 Å². The molecule has 0 fully saturated rings. The summed E-state index contributed by atoms with van der Waals surface area (Å²) in [4.78, 5) is 10.2. The van der Waals surface area contributed by atoms with E-state index in [0.717, 1.165) is 12.8 Å². The van der Waals surface area contributed by atoms with E-state index in [0.29, 0.717) is 0 Å². The quantitative estimate of drug-likeness (QED) is 0.283. The lowest BCUT2D eigenvalue weighted by Gasteiger charge is -2.03. The molecule has 0 saturated heterocycles. The summed E-state index contributed by atoms with van der Waals surface area (Å²) in [6.07, 6.45) is 21.0. The number of hydrogen-bond acceptors (Lipinski definition) is 1. The summed E-state index contributed by atoms with van der Waals surface area (Å²) in [5.41, 5.74) is 0. The number of rotatable bonds is 15. The Bertz CT molecular complexity index is 299. The standard InChI is InChI=1S/C20H36O2/c1-2-3-4-5-6-7-8-9-10-11-12-13-14-15-16-17-18-19-20(21)22/h2-17H2,1H3,(H,21,22). The molecule has 2 heteroatoms. The molecule has 0 aliphatic rings. The Balaban J connectivity index is 3.03. The Labute approximate surface area is 138 Å². The van der Waals surface area contributed by atoms with Crippen molar-refractivity contribution in [3.8, 4) is 11.8 Å². The van der Waals surface area contributed by atoms with E-state index in [9.17, 15) is 4.79 Å². The lowest BCUT2D eigenvalue weighted by molar-refractivity contribution is -0.130. The second-order valence-electron chi connectivity index (χ2n) is 6.31. The molecule has 0 aliphatic carbocycles. The molecule has 0 unspecified atom stereocenters. The average Bonchev–Trinajstić information content (AvgIpc) is 2.50. The van der Waals surface area contributed by atoms with Crippen LogP contribution in [0.25, 0.3) is 0 Å². The predicted molar refractivity (Wildman–Crippen MR) is 95.0 cm³/mol. The normalized spacial score (nSPS) is 10.2. The third-order valence-corrected chi connectivity index (χ3v) is 4.10. The van der Waals surface area contributed by atoms with Crippen LogP contribution in [0.15, 0.2) is 0 Å². The number of unbranched alkanes of at least 4 members (excludes halogenated alkanes) is 15. The minimum Gasteiger partial charge on any atom is -0.472 e. The van der Waals surface area contributed by atoms with Crippen molar-refractivity contribution in [1.82, 2.24) is 0 Å². The molecule has 0 atom stereocenters. The molecular weight excluding hydrogens is 272 g/mol. The molecule has 128 valence electrons. The Morgan fingerprint density at radius 3 is 1.41 bits per heavy atom. The molecule has 0 rings (SSSR count). The highest BCUT2D eigenvalue weighted by atomic mass is 16.4. The molecule has 0 amide bonds. The van der Waals surface area contributed by atoms with Gasteiger partial charge in [0.1, 0.15) is 0 Å². The molecule has 22 heavy (non-hydrogen) atoms. The van der Waals surface area contributed by atoms with Gasteiger partial charge < -0.3 is 5.11 Å². The minimum atomic E-state index is -1.01. The van der Waals surface area contributed by atoms with Crippen LogP contribution in [0.3, 0.4) is 0 Å². The fourth-order valence-electron chi connectivity index (χ4n) is 2.72. The molecular formula is C20H36O2. The van der Waals surface area contributed by atoms with Gasteiger partial charge in [-0.1, -0.05) is 103 Å². The summed E-state index contributed by atoms with van der Waals surface area (Å²) < 4.78 is 0. The van der Waals surface area contributed by atoms with Gasteiger partial charge in [-0.05, 0) is 6.42 Å². The highest BCUT2D eigenvalue weighted by molar-refractivity contribution is 5.86. The summed E-state index contributed by atoms with van der Waals surface area (Å²) in [7, 11) is 0. The fourth-order valence-corrected chi connectivity index (χ4v) is 2.72. The largest absolute Gasteiger partial charge is 0.472 e. The van der Waals surface area contributed by atoms with E-state index in [1.54, 1.807) is 0 Å². The van der Waals surface area contributed by atoms with Crippen molar-refractivity contribution >= 4 is 5.97 Å². The lowest BCUT2D eigenvalue weighted by Crippen LogP contribution is -1.86. The first-order valence-electron chi connectivity index (χ1n) is 9.49. The summed E-state index contributed by atoms with van der Waals surface area (Å²) in [6.45, 7) is 2.27. The Hall–Kier alpha value is -0.970. The van der Waals surface area contributed by atoms with E-state index in [1.807, 2.05) is 0 Å². The van der Waals surface area contributed by atoms with E-state index in [2.05, 4.69) is 18.8 Å². The molecule has 0 aromatic rings. The Morgan fingerprint density at radius 1 is 0.682 bits per heavy atom. The van der Waals surface area contributed by atoms with Crippen molar-refractivity contribution in [2.75, 3.05) is 0 Å². The molecule has 0 spiro atoms. The van der Waals surface area contributed by atoms with Crippen molar-refractivity contribution in [1.29, 1.82) is 0 Å². The highest BCUT2D eigenvalue weighted by Gasteiger charge is 1.94. The van der Waals surface area contributed by atoms with E-state index >= 15 is 0 Å².